The number of nitrogens with zero attached hydrogens (tertiary/aromatic N) is 1. The highest BCUT2D eigenvalue weighted by atomic mass is 19.2. The Kier molecular flexibility index (Phi) is 4.52. The molecule has 110 valence electrons. The zero-order chi connectivity index (χ0) is 15.4. The molecule has 0 aromatic heterocycles. The first-order chi connectivity index (χ1) is 10.0. The number of nitrogens with one attached hydrogen (secondary N) is 1. The first kappa shape index (κ1) is 15.0. The lowest BCUT2D eigenvalue weighted by atomic mass is 10.1. The minimum Gasteiger partial charge on any atom is -0.387 e. The standard InChI is InChI=1S/C16H16F2N2O/c1-19-15-6-4-3-5-12(15)16(21)20(2)10-11-7-8-13(17)14(18)9-11/h3-9,19H,10H2,1-2H3. The van der Waals surface area contributed by atoms with Crippen molar-refractivity contribution in [2.75, 3.05) is 19.4 Å². The van der Waals surface area contributed by atoms with E-state index in [1.54, 1.807) is 32.3 Å². The first-order valence-electron chi connectivity index (χ1n) is 6.49. The Balaban J connectivity index is 2.17. The van der Waals surface area contributed by atoms with Crippen molar-refractivity contribution in [1.82, 2.24) is 4.90 Å². The third-order valence-electron chi connectivity index (χ3n) is 3.18. The zero-order valence-electron chi connectivity index (χ0n) is 11.9. The molecule has 1 N–H and O–H groups in total. The lowest BCUT2D eigenvalue weighted by Crippen LogP contribution is -2.27. The van der Waals surface area contributed by atoms with Gasteiger partial charge in [-0.2, -0.15) is 0 Å². The SMILES string of the molecule is CNc1ccccc1C(=O)N(C)Cc1ccc(F)c(F)c1. The van der Waals surface area contributed by atoms with Gasteiger partial charge in [0, 0.05) is 26.3 Å². The number of hydrogen-bond acceptors (Lipinski definition) is 2. The quantitative estimate of drug-likeness (QED) is 0.937. The van der Waals surface area contributed by atoms with Gasteiger partial charge in [-0.3, -0.25) is 4.79 Å². The third kappa shape index (κ3) is 3.37. The zero-order valence-corrected chi connectivity index (χ0v) is 11.9. The first-order valence-corrected chi connectivity index (χ1v) is 6.49. The van der Waals surface area contributed by atoms with E-state index in [0.717, 1.165) is 17.8 Å². The highest BCUT2D eigenvalue weighted by Crippen LogP contribution is 2.18. The number of halogens is 2. The molecule has 0 aliphatic heterocycles. The topological polar surface area (TPSA) is 32.3 Å². The monoisotopic (exact) mass is 290 g/mol. The van der Waals surface area contributed by atoms with Crippen LogP contribution in [0.5, 0.6) is 0 Å². The molecule has 21 heavy (non-hydrogen) atoms. The van der Waals surface area contributed by atoms with E-state index in [-0.39, 0.29) is 12.5 Å². The van der Waals surface area contributed by atoms with Crippen molar-refractivity contribution in [3.63, 3.8) is 0 Å². The van der Waals surface area contributed by atoms with Crippen LogP contribution in [0.2, 0.25) is 0 Å². The van der Waals surface area contributed by atoms with Gasteiger partial charge in [-0.05, 0) is 29.8 Å². The van der Waals surface area contributed by atoms with Crippen molar-refractivity contribution in [3.05, 3.63) is 65.2 Å². The van der Waals surface area contributed by atoms with Crippen molar-refractivity contribution in [2.24, 2.45) is 0 Å². The van der Waals surface area contributed by atoms with Gasteiger partial charge in [0.05, 0.1) is 5.56 Å². The van der Waals surface area contributed by atoms with Crippen LogP contribution in [-0.4, -0.2) is 24.9 Å². The lowest BCUT2D eigenvalue weighted by Gasteiger charge is -2.19. The molecule has 2 aromatic carbocycles. The second-order valence-corrected chi connectivity index (χ2v) is 4.71. The normalized spacial score (nSPS) is 10.3. The van der Waals surface area contributed by atoms with Gasteiger partial charge < -0.3 is 10.2 Å². The number of anilines is 1. The second kappa shape index (κ2) is 6.35. The van der Waals surface area contributed by atoms with Gasteiger partial charge in [0.15, 0.2) is 11.6 Å². The summed E-state index contributed by atoms with van der Waals surface area (Å²) in [6.45, 7) is 0.202. The van der Waals surface area contributed by atoms with Gasteiger partial charge in [-0.15, -0.1) is 0 Å². The fourth-order valence-electron chi connectivity index (χ4n) is 2.08. The van der Waals surface area contributed by atoms with E-state index >= 15 is 0 Å². The maximum atomic E-state index is 13.2. The predicted molar refractivity (Wildman–Crippen MR) is 78.1 cm³/mol. The van der Waals surface area contributed by atoms with Crippen LogP contribution >= 0.6 is 0 Å². The van der Waals surface area contributed by atoms with E-state index in [1.165, 1.54) is 11.0 Å². The van der Waals surface area contributed by atoms with E-state index in [9.17, 15) is 13.6 Å². The number of para-hydroxylation sites is 1. The molecule has 2 aromatic rings. The summed E-state index contributed by atoms with van der Waals surface area (Å²) >= 11 is 0. The summed E-state index contributed by atoms with van der Waals surface area (Å²) < 4.78 is 26.1. The van der Waals surface area contributed by atoms with Crippen LogP contribution in [0.25, 0.3) is 0 Å². The number of rotatable bonds is 4. The molecule has 0 radical (unpaired) electrons. The molecule has 0 atom stereocenters. The summed E-state index contributed by atoms with van der Waals surface area (Å²) in [5.41, 5.74) is 1.79. The predicted octanol–water partition coefficient (Wildman–Crippen LogP) is 3.28. The van der Waals surface area contributed by atoms with E-state index in [2.05, 4.69) is 5.32 Å². The van der Waals surface area contributed by atoms with Gasteiger partial charge >= 0.3 is 0 Å². The Morgan fingerprint density at radius 1 is 1.14 bits per heavy atom. The van der Waals surface area contributed by atoms with Crippen LogP contribution in [0.3, 0.4) is 0 Å². The molecule has 3 nitrogen and oxygen atoms in total. The van der Waals surface area contributed by atoms with E-state index in [4.69, 9.17) is 0 Å². The van der Waals surface area contributed by atoms with Gasteiger partial charge in [0.2, 0.25) is 0 Å². The van der Waals surface area contributed by atoms with Crippen molar-refractivity contribution in [2.45, 2.75) is 6.54 Å². The molecule has 0 spiro atoms. The molecule has 0 aliphatic rings. The van der Waals surface area contributed by atoms with Crippen molar-refractivity contribution in [3.8, 4) is 0 Å². The fourth-order valence-corrected chi connectivity index (χ4v) is 2.08. The Hall–Kier alpha value is -2.43. The van der Waals surface area contributed by atoms with Gasteiger partial charge in [0.1, 0.15) is 0 Å². The molecule has 0 saturated carbocycles. The van der Waals surface area contributed by atoms with Gasteiger partial charge in [-0.25, -0.2) is 8.78 Å². The second-order valence-electron chi connectivity index (χ2n) is 4.71. The van der Waals surface area contributed by atoms with Crippen LogP contribution in [0.1, 0.15) is 15.9 Å². The van der Waals surface area contributed by atoms with Crippen molar-refractivity contribution >= 4 is 11.6 Å². The minimum atomic E-state index is -0.913. The Morgan fingerprint density at radius 3 is 2.52 bits per heavy atom. The maximum absolute atomic E-state index is 13.2. The van der Waals surface area contributed by atoms with Crippen LogP contribution in [0.4, 0.5) is 14.5 Å². The molecule has 0 aliphatic carbocycles. The Labute approximate surface area is 122 Å². The third-order valence-corrected chi connectivity index (χ3v) is 3.18. The number of carbonyl (C=O) groups excluding carboxylic acids is 1. The lowest BCUT2D eigenvalue weighted by molar-refractivity contribution is 0.0786. The molecular weight excluding hydrogens is 274 g/mol. The molecular formula is C16H16F2N2O. The maximum Gasteiger partial charge on any atom is 0.255 e. The smallest absolute Gasteiger partial charge is 0.255 e. The van der Waals surface area contributed by atoms with E-state index in [0.29, 0.717) is 11.1 Å². The summed E-state index contributed by atoms with van der Waals surface area (Å²) in [6.07, 6.45) is 0. The van der Waals surface area contributed by atoms with Crippen molar-refractivity contribution < 1.29 is 13.6 Å². The largest absolute Gasteiger partial charge is 0.387 e. The molecule has 0 heterocycles. The van der Waals surface area contributed by atoms with Crippen LogP contribution in [0, 0.1) is 11.6 Å². The van der Waals surface area contributed by atoms with Crippen LogP contribution in [-0.2, 0) is 6.54 Å². The number of benzene rings is 2. The molecule has 2 rings (SSSR count). The number of hydrogen-bond donors (Lipinski definition) is 1. The van der Waals surface area contributed by atoms with Crippen LogP contribution < -0.4 is 5.32 Å². The van der Waals surface area contributed by atoms with Gasteiger partial charge in [0.25, 0.3) is 5.91 Å². The molecule has 0 fully saturated rings. The molecule has 0 unspecified atom stereocenters. The van der Waals surface area contributed by atoms with Crippen molar-refractivity contribution in [1.29, 1.82) is 0 Å². The summed E-state index contributed by atoms with van der Waals surface area (Å²) in [5, 5.41) is 2.95. The van der Waals surface area contributed by atoms with E-state index in [1.807, 2.05) is 6.07 Å². The summed E-state index contributed by atoms with van der Waals surface area (Å²) in [4.78, 5) is 13.9. The minimum absolute atomic E-state index is 0.190. The Morgan fingerprint density at radius 2 is 1.86 bits per heavy atom. The van der Waals surface area contributed by atoms with Gasteiger partial charge in [-0.1, -0.05) is 18.2 Å². The fraction of sp³-hybridized carbons (Fsp3) is 0.188. The van der Waals surface area contributed by atoms with E-state index < -0.39 is 11.6 Å². The molecule has 1 amide bonds. The Bertz CT molecular complexity index is 658. The average molecular weight is 290 g/mol. The number of amides is 1. The molecule has 5 heteroatoms. The highest BCUT2D eigenvalue weighted by molar-refractivity contribution is 5.99. The van der Waals surface area contributed by atoms with Crippen LogP contribution in [0.15, 0.2) is 42.5 Å². The molecule has 0 bridgehead atoms. The molecule has 0 saturated heterocycles. The summed E-state index contributed by atoms with van der Waals surface area (Å²) in [6, 6.07) is 10.8. The highest BCUT2D eigenvalue weighted by Gasteiger charge is 2.15. The summed E-state index contributed by atoms with van der Waals surface area (Å²) in [7, 11) is 3.36. The average Bonchev–Trinajstić information content (AvgIpc) is 2.50. The number of carbonyl (C=O) groups is 1. The summed E-state index contributed by atoms with van der Waals surface area (Å²) in [5.74, 6) is -2.00.